The van der Waals surface area contributed by atoms with Crippen molar-refractivity contribution in [3.05, 3.63) is 53.3 Å². The quantitative estimate of drug-likeness (QED) is 0.679. The molecule has 0 saturated heterocycles. The van der Waals surface area contributed by atoms with E-state index in [1.807, 2.05) is 18.5 Å². The first-order chi connectivity index (χ1) is 8.25. The number of fused-ring (bicyclic) bond motifs is 2. The molecule has 2 heteroatoms. The van der Waals surface area contributed by atoms with Gasteiger partial charge >= 0.3 is 0 Å². The molecule has 0 spiro atoms. The Morgan fingerprint density at radius 3 is 2.88 bits per heavy atom. The Labute approximate surface area is 102 Å². The summed E-state index contributed by atoms with van der Waals surface area (Å²) in [7, 11) is 0. The molecule has 1 N–H and O–H groups in total. The first-order valence-corrected chi connectivity index (χ1v) is 6.07. The Morgan fingerprint density at radius 2 is 2.06 bits per heavy atom. The van der Waals surface area contributed by atoms with Crippen molar-refractivity contribution in [1.82, 2.24) is 4.98 Å². The van der Waals surface area contributed by atoms with Crippen LogP contribution in [0.5, 0.6) is 0 Å². The molecule has 86 valence electrons. The van der Waals surface area contributed by atoms with Crippen LogP contribution in [0.4, 0.5) is 11.4 Å². The van der Waals surface area contributed by atoms with E-state index in [0.717, 1.165) is 6.42 Å². The highest BCUT2D eigenvalue weighted by Crippen LogP contribution is 2.36. The summed E-state index contributed by atoms with van der Waals surface area (Å²) in [6.07, 6.45) is 4.78. The molecule has 0 aliphatic carbocycles. The first kappa shape index (κ1) is 10.3. The van der Waals surface area contributed by atoms with Crippen LogP contribution in [0, 0.1) is 0 Å². The Balaban J connectivity index is 2.12. The predicted molar refractivity (Wildman–Crippen MR) is 70.9 cm³/mol. The van der Waals surface area contributed by atoms with Crippen LogP contribution in [0.25, 0.3) is 0 Å². The Hall–Kier alpha value is -1.83. The summed E-state index contributed by atoms with van der Waals surface area (Å²) in [5, 5.41) is 3.50. The Morgan fingerprint density at radius 1 is 1.18 bits per heavy atom. The molecule has 0 atom stereocenters. The van der Waals surface area contributed by atoms with Gasteiger partial charge in [-0.3, -0.25) is 4.98 Å². The smallest absolute Gasteiger partial charge is 0.0451 e. The lowest BCUT2D eigenvalue weighted by Gasteiger charge is -2.24. The fourth-order valence-corrected chi connectivity index (χ4v) is 2.49. The normalized spacial score (nSPS) is 12.9. The fourth-order valence-electron chi connectivity index (χ4n) is 2.49. The van der Waals surface area contributed by atoms with E-state index in [1.54, 1.807) is 0 Å². The molecule has 0 fully saturated rings. The predicted octanol–water partition coefficient (Wildman–Crippen LogP) is 3.85. The molecule has 0 saturated carbocycles. The molecule has 0 unspecified atom stereocenters. The molecule has 2 nitrogen and oxygen atoms in total. The second kappa shape index (κ2) is 3.88. The van der Waals surface area contributed by atoms with E-state index in [4.69, 9.17) is 0 Å². The summed E-state index contributed by atoms with van der Waals surface area (Å²) in [4.78, 5) is 4.21. The molecular formula is C15H16N2. The zero-order valence-electron chi connectivity index (χ0n) is 10.2. The van der Waals surface area contributed by atoms with Crippen molar-refractivity contribution in [2.24, 2.45) is 0 Å². The summed E-state index contributed by atoms with van der Waals surface area (Å²) in [6.45, 7) is 4.49. The third-order valence-corrected chi connectivity index (χ3v) is 3.37. The standard InChI is InChI=1S/C15H16N2/c1-10(2)12-4-3-5-15-13(12)8-11-9-16-7-6-14(11)17-15/h3-7,9-10,17H,8H2,1-2H3. The summed E-state index contributed by atoms with van der Waals surface area (Å²) in [6, 6.07) is 8.56. The van der Waals surface area contributed by atoms with Crippen LogP contribution in [-0.2, 0) is 6.42 Å². The van der Waals surface area contributed by atoms with Crippen molar-refractivity contribution in [1.29, 1.82) is 0 Å². The molecular weight excluding hydrogens is 208 g/mol. The largest absolute Gasteiger partial charge is 0.355 e. The highest BCUT2D eigenvalue weighted by Gasteiger charge is 2.18. The van der Waals surface area contributed by atoms with Crippen molar-refractivity contribution < 1.29 is 0 Å². The second-order valence-electron chi connectivity index (χ2n) is 4.86. The van der Waals surface area contributed by atoms with E-state index < -0.39 is 0 Å². The van der Waals surface area contributed by atoms with Gasteiger partial charge in [-0.25, -0.2) is 0 Å². The van der Waals surface area contributed by atoms with Gasteiger partial charge < -0.3 is 5.32 Å². The SMILES string of the molecule is CC(C)c1cccc2c1Cc1cnccc1N2. The van der Waals surface area contributed by atoms with Crippen molar-refractivity contribution in [2.45, 2.75) is 26.2 Å². The summed E-state index contributed by atoms with van der Waals surface area (Å²) < 4.78 is 0. The van der Waals surface area contributed by atoms with Crippen molar-refractivity contribution >= 4 is 11.4 Å². The molecule has 1 aromatic carbocycles. The second-order valence-corrected chi connectivity index (χ2v) is 4.86. The number of anilines is 2. The molecule has 3 rings (SSSR count). The maximum atomic E-state index is 4.21. The van der Waals surface area contributed by atoms with Gasteiger partial charge in [-0.15, -0.1) is 0 Å². The molecule has 2 heterocycles. The molecule has 0 bridgehead atoms. The highest BCUT2D eigenvalue weighted by molar-refractivity contribution is 5.72. The van der Waals surface area contributed by atoms with Gasteiger partial charge in [0.15, 0.2) is 0 Å². The molecule has 1 aliphatic heterocycles. The zero-order valence-corrected chi connectivity index (χ0v) is 10.2. The number of hydrogen-bond acceptors (Lipinski definition) is 2. The molecule has 0 radical (unpaired) electrons. The lowest BCUT2D eigenvalue weighted by Crippen LogP contribution is -2.10. The third kappa shape index (κ3) is 1.70. The monoisotopic (exact) mass is 224 g/mol. The number of aromatic nitrogens is 1. The number of rotatable bonds is 1. The van der Waals surface area contributed by atoms with Crippen LogP contribution in [-0.4, -0.2) is 4.98 Å². The zero-order chi connectivity index (χ0) is 11.8. The summed E-state index contributed by atoms with van der Waals surface area (Å²) in [5.41, 5.74) is 6.57. The molecule has 0 amide bonds. The van der Waals surface area contributed by atoms with E-state index in [2.05, 4.69) is 42.3 Å². The van der Waals surface area contributed by atoms with Gasteiger partial charge in [0, 0.05) is 30.2 Å². The van der Waals surface area contributed by atoms with E-state index in [9.17, 15) is 0 Å². The van der Waals surface area contributed by atoms with E-state index >= 15 is 0 Å². The van der Waals surface area contributed by atoms with Crippen LogP contribution in [0.1, 0.15) is 36.5 Å². The summed E-state index contributed by atoms with van der Waals surface area (Å²) in [5.74, 6) is 0.560. The number of hydrogen-bond donors (Lipinski definition) is 1. The number of pyridine rings is 1. The molecule has 17 heavy (non-hydrogen) atoms. The Kier molecular flexibility index (Phi) is 2.36. The fraction of sp³-hybridized carbons (Fsp3) is 0.267. The maximum absolute atomic E-state index is 4.21. The van der Waals surface area contributed by atoms with Crippen LogP contribution >= 0.6 is 0 Å². The van der Waals surface area contributed by atoms with Crippen molar-refractivity contribution in [3.8, 4) is 0 Å². The van der Waals surface area contributed by atoms with E-state index in [-0.39, 0.29) is 0 Å². The van der Waals surface area contributed by atoms with Gasteiger partial charge in [-0.2, -0.15) is 0 Å². The van der Waals surface area contributed by atoms with Crippen LogP contribution in [0.3, 0.4) is 0 Å². The number of benzene rings is 1. The van der Waals surface area contributed by atoms with E-state index in [0.29, 0.717) is 5.92 Å². The van der Waals surface area contributed by atoms with Crippen LogP contribution in [0.15, 0.2) is 36.7 Å². The third-order valence-electron chi connectivity index (χ3n) is 3.37. The van der Waals surface area contributed by atoms with Crippen LogP contribution < -0.4 is 5.32 Å². The van der Waals surface area contributed by atoms with Gasteiger partial charge in [0.2, 0.25) is 0 Å². The minimum Gasteiger partial charge on any atom is -0.355 e. The van der Waals surface area contributed by atoms with Gasteiger partial charge in [0.25, 0.3) is 0 Å². The van der Waals surface area contributed by atoms with Gasteiger partial charge in [0.05, 0.1) is 0 Å². The number of nitrogens with zero attached hydrogens (tertiary/aromatic N) is 1. The van der Waals surface area contributed by atoms with Crippen molar-refractivity contribution in [2.75, 3.05) is 5.32 Å². The average Bonchev–Trinajstić information content (AvgIpc) is 2.35. The Bertz CT molecular complexity index is 559. The average molecular weight is 224 g/mol. The minimum atomic E-state index is 0.560. The molecule has 1 aliphatic rings. The summed E-state index contributed by atoms with van der Waals surface area (Å²) >= 11 is 0. The van der Waals surface area contributed by atoms with Gasteiger partial charge in [-0.05, 0) is 34.7 Å². The first-order valence-electron chi connectivity index (χ1n) is 6.07. The maximum Gasteiger partial charge on any atom is 0.0451 e. The molecule has 1 aromatic heterocycles. The topological polar surface area (TPSA) is 24.9 Å². The lowest BCUT2D eigenvalue weighted by molar-refractivity contribution is 0.847. The highest BCUT2D eigenvalue weighted by atomic mass is 14.9. The lowest BCUT2D eigenvalue weighted by atomic mass is 9.89. The minimum absolute atomic E-state index is 0.560. The van der Waals surface area contributed by atoms with Crippen molar-refractivity contribution in [3.63, 3.8) is 0 Å². The number of nitrogens with one attached hydrogen (secondary N) is 1. The van der Waals surface area contributed by atoms with Crippen LogP contribution in [0.2, 0.25) is 0 Å². The van der Waals surface area contributed by atoms with Gasteiger partial charge in [0.1, 0.15) is 0 Å². The van der Waals surface area contributed by atoms with Gasteiger partial charge in [-0.1, -0.05) is 26.0 Å². The molecule has 2 aromatic rings. The van der Waals surface area contributed by atoms with E-state index in [1.165, 1.54) is 28.1 Å².